The first-order chi connectivity index (χ1) is 9.19. The summed E-state index contributed by atoms with van der Waals surface area (Å²) in [6, 6.07) is 4.50. The number of nitrogens with zero attached hydrogens (tertiary/aromatic N) is 1. The Hall–Kier alpha value is -1.17. The molecule has 1 aliphatic heterocycles. The first kappa shape index (κ1) is 14.2. The lowest BCUT2D eigenvalue weighted by Crippen LogP contribution is -2.37. The molecule has 0 spiro atoms. The fraction of sp³-hybridized carbons (Fsp3) is 0.571. The van der Waals surface area contributed by atoms with E-state index in [0.717, 1.165) is 31.5 Å². The van der Waals surface area contributed by atoms with E-state index in [1.54, 1.807) is 6.07 Å². The third-order valence-corrected chi connectivity index (χ3v) is 3.48. The standard InChI is InChI=1S/C14H21FN2O2/c15-12-1-2-14(16)11(9-12)10-17-5-3-13(4-6-17)19-8-7-18/h1-2,9,13,18H,3-8,10,16H2. The van der Waals surface area contributed by atoms with E-state index >= 15 is 0 Å². The Labute approximate surface area is 113 Å². The molecule has 2 rings (SSSR count). The van der Waals surface area contributed by atoms with Crippen LogP contribution in [0.25, 0.3) is 0 Å². The van der Waals surface area contributed by atoms with Gasteiger partial charge < -0.3 is 15.6 Å². The van der Waals surface area contributed by atoms with Gasteiger partial charge in [0.25, 0.3) is 0 Å². The van der Waals surface area contributed by atoms with Crippen molar-refractivity contribution in [3.8, 4) is 0 Å². The third-order valence-electron chi connectivity index (χ3n) is 3.48. The van der Waals surface area contributed by atoms with Gasteiger partial charge in [-0.05, 0) is 36.6 Å². The number of aliphatic hydroxyl groups excluding tert-OH is 1. The SMILES string of the molecule is Nc1ccc(F)cc1CN1CCC(OCCO)CC1. The van der Waals surface area contributed by atoms with Crippen LogP contribution >= 0.6 is 0 Å². The summed E-state index contributed by atoms with van der Waals surface area (Å²) >= 11 is 0. The van der Waals surface area contributed by atoms with Crippen molar-refractivity contribution in [1.29, 1.82) is 0 Å². The highest BCUT2D eigenvalue weighted by Crippen LogP contribution is 2.20. The lowest BCUT2D eigenvalue weighted by atomic mass is 10.1. The number of halogens is 1. The molecule has 1 aromatic rings. The van der Waals surface area contributed by atoms with Gasteiger partial charge in [0.1, 0.15) is 5.82 Å². The molecule has 0 bridgehead atoms. The van der Waals surface area contributed by atoms with Crippen molar-refractivity contribution in [2.24, 2.45) is 0 Å². The molecular weight excluding hydrogens is 247 g/mol. The van der Waals surface area contributed by atoms with Gasteiger partial charge in [-0.3, -0.25) is 4.90 Å². The molecule has 1 fully saturated rings. The second-order valence-corrected chi connectivity index (χ2v) is 4.91. The number of benzene rings is 1. The number of hydrogen-bond acceptors (Lipinski definition) is 4. The minimum Gasteiger partial charge on any atom is -0.398 e. The molecule has 1 saturated heterocycles. The van der Waals surface area contributed by atoms with Crippen LogP contribution in [0.3, 0.4) is 0 Å². The van der Waals surface area contributed by atoms with E-state index in [4.69, 9.17) is 15.6 Å². The predicted octanol–water partition coefficient (Wildman–Crippen LogP) is 1.38. The van der Waals surface area contributed by atoms with Crippen LogP contribution in [0.2, 0.25) is 0 Å². The van der Waals surface area contributed by atoms with Crippen molar-refractivity contribution >= 4 is 5.69 Å². The molecule has 1 heterocycles. The Morgan fingerprint density at radius 3 is 2.79 bits per heavy atom. The first-order valence-corrected chi connectivity index (χ1v) is 6.68. The van der Waals surface area contributed by atoms with Crippen LogP contribution in [-0.4, -0.2) is 42.4 Å². The Kier molecular flexibility index (Phi) is 5.13. The van der Waals surface area contributed by atoms with Gasteiger partial charge in [0.2, 0.25) is 0 Å². The van der Waals surface area contributed by atoms with E-state index in [9.17, 15) is 4.39 Å². The van der Waals surface area contributed by atoms with Gasteiger partial charge in [-0.15, -0.1) is 0 Å². The minimum absolute atomic E-state index is 0.0695. The molecule has 3 N–H and O–H groups in total. The van der Waals surface area contributed by atoms with Crippen LogP contribution in [0.15, 0.2) is 18.2 Å². The summed E-state index contributed by atoms with van der Waals surface area (Å²) in [4.78, 5) is 2.25. The molecule has 106 valence electrons. The maximum atomic E-state index is 13.2. The van der Waals surface area contributed by atoms with Gasteiger partial charge in [0, 0.05) is 25.3 Å². The highest BCUT2D eigenvalue weighted by Gasteiger charge is 2.20. The van der Waals surface area contributed by atoms with Crippen LogP contribution < -0.4 is 5.73 Å². The summed E-state index contributed by atoms with van der Waals surface area (Å²) in [6.45, 7) is 2.97. The van der Waals surface area contributed by atoms with E-state index in [1.807, 2.05) is 0 Å². The average Bonchev–Trinajstić information content (AvgIpc) is 2.42. The second-order valence-electron chi connectivity index (χ2n) is 4.91. The number of aliphatic hydroxyl groups is 1. The highest BCUT2D eigenvalue weighted by atomic mass is 19.1. The Bertz CT molecular complexity index is 406. The molecule has 1 aliphatic rings. The molecule has 5 heteroatoms. The van der Waals surface area contributed by atoms with Crippen molar-refractivity contribution in [2.75, 3.05) is 32.0 Å². The number of piperidine rings is 1. The van der Waals surface area contributed by atoms with Crippen molar-refractivity contribution < 1.29 is 14.2 Å². The fourth-order valence-corrected chi connectivity index (χ4v) is 2.41. The van der Waals surface area contributed by atoms with Gasteiger partial charge in [-0.25, -0.2) is 4.39 Å². The van der Waals surface area contributed by atoms with Crippen molar-refractivity contribution in [3.63, 3.8) is 0 Å². The number of rotatable bonds is 5. The fourth-order valence-electron chi connectivity index (χ4n) is 2.41. The number of anilines is 1. The second kappa shape index (κ2) is 6.84. The molecule has 0 aromatic heterocycles. The quantitative estimate of drug-likeness (QED) is 0.792. The van der Waals surface area contributed by atoms with E-state index in [2.05, 4.69) is 4.90 Å². The third kappa shape index (κ3) is 4.16. The lowest BCUT2D eigenvalue weighted by Gasteiger charge is -2.32. The molecule has 19 heavy (non-hydrogen) atoms. The van der Waals surface area contributed by atoms with Gasteiger partial charge >= 0.3 is 0 Å². The molecule has 0 saturated carbocycles. The highest BCUT2D eigenvalue weighted by molar-refractivity contribution is 5.46. The van der Waals surface area contributed by atoms with Crippen molar-refractivity contribution in [3.05, 3.63) is 29.6 Å². The number of nitrogens with two attached hydrogens (primary N) is 1. The topological polar surface area (TPSA) is 58.7 Å². The van der Waals surface area contributed by atoms with Crippen LogP contribution in [0, 0.1) is 5.82 Å². The largest absolute Gasteiger partial charge is 0.398 e. The van der Waals surface area contributed by atoms with Crippen molar-refractivity contribution in [1.82, 2.24) is 4.90 Å². The Balaban J connectivity index is 1.83. The number of ether oxygens (including phenoxy) is 1. The number of nitrogen functional groups attached to an aromatic ring is 1. The normalized spacial score (nSPS) is 17.8. The first-order valence-electron chi connectivity index (χ1n) is 6.68. The number of hydrogen-bond donors (Lipinski definition) is 2. The monoisotopic (exact) mass is 268 g/mol. The molecule has 0 unspecified atom stereocenters. The van der Waals surface area contributed by atoms with Crippen LogP contribution in [0.5, 0.6) is 0 Å². The molecule has 0 radical (unpaired) electrons. The molecule has 0 aliphatic carbocycles. The molecule has 4 nitrogen and oxygen atoms in total. The zero-order valence-electron chi connectivity index (χ0n) is 11.0. The minimum atomic E-state index is -0.245. The lowest BCUT2D eigenvalue weighted by molar-refractivity contribution is -0.00899. The van der Waals surface area contributed by atoms with Crippen molar-refractivity contribution in [2.45, 2.75) is 25.5 Å². The summed E-state index contributed by atoms with van der Waals surface area (Å²) in [6.07, 6.45) is 2.11. The maximum Gasteiger partial charge on any atom is 0.123 e. The predicted molar refractivity (Wildman–Crippen MR) is 72.1 cm³/mol. The Morgan fingerprint density at radius 1 is 1.37 bits per heavy atom. The molecule has 1 aromatic carbocycles. The Morgan fingerprint density at radius 2 is 2.11 bits per heavy atom. The van der Waals surface area contributed by atoms with Gasteiger partial charge in [-0.2, -0.15) is 0 Å². The molecule has 0 amide bonds. The summed E-state index contributed by atoms with van der Waals surface area (Å²) < 4.78 is 18.7. The summed E-state index contributed by atoms with van der Waals surface area (Å²) in [5, 5.41) is 8.72. The molecule has 0 atom stereocenters. The summed E-state index contributed by atoms with van der Waals surface area (Å²) in [5.74, 6) is -0.245. The van der Waals surface area contributed by atoms with Crippen LogP contribution in [-0.2, 0) is 11.3 Å². The summed E-state index contributed by atoms with van der Waals surface area (Å²) in [7, 11) is 0. The van der Waals surface area contributed by atoms with E-state index in [-0.39, 0.29) is 18.5 Å². The van der Waals surface area contributed by atoms with E-state index in [0.29, 0.717) is 18.8 Å². The van der Waals surface area contributed by atoms with Gasteiger partial charge in [-0.1, -0.05) is 0 Å². The number of likely N-dealkylation sites (tertiary alicyclic amines) is 1. The van der Waals surface area contributed by atoms with Crippen LogP contribution in [0.1, 0.15) is 18.4 Å². The molecular formula is C14H21FN2O2. The average molecular weight is 268 g/mol. The maximum absolute atomic E-state index is 13.2. The summed E-state index contributed by atoms with van der Waals surface area (Å²) in [5.41, 5.74) is 7.34. The zero-order chi connectivity index (χ0) is 13.7. The smallest absolute Gasteiger partial charge is 0.123 e. The van der Waals surface area contributed by atoms with Gasteiger partial charge in [0.15, 0.2) is 0 Å². The van der Waals surface area contributed by atoms with E-state index in [1.165, 1.54) is 12.1 Å². The van der Waals surface area contributed by atoms with E-state index < -0.39 is 0 Å². The van der Waals surface area contributed by atoms with Gasteiger partial charge in [0.05, 0.1) is 19.3 Å². The van der Waals surface area contributed by atoms with Crippen LogP contribution in [0.4, 0.5) is 10.1 Å². The zero-order valence-corrected chi connectivity index (χ0v) is 11.0.